The summed E-state index contributed by atoms with van der Waals surface area (Å²) in [6.45, 7) is 6.32. The molecule has 2 aliphatic rings. The quantitative estimate of drug-likeness (QED) is 0.773. The summed E-state index contributed by atoms with van der Waals surface area (Å²) in [4.78, 5) is 2.54. The highest BCUT2D eigenvalue weighted by molar-refractivity contribution is 8.00. The molecule has 82 valence electrons. The molecule has 2 saturated heterocycles. The highest BCUT2D eigenvalue weighted by Gasteiger charge is 2.33. The number of rotatable bonds is 3. The average Bonchev–Trinajstić information content (AvgIpc) is 2.75. The number of aliphatic hydroxyl groups excluding tert-OH is 1. The highest BCUT2D eigenvalue weighted by atomic mass is 32.2. The predicted octanol–water partition coefficient (Wildman–Crippen LogP) is 1.59. The van der Waals surface area contributed by atoms with Crippen molar-refractivity contribution >= 4 is 11.8 Å². The van der Waals surface area contributed by atoms with Crippen molar-refractivity contribution in [3.05, 3.63) is 0 Å². The Kier molecular flexibility index (Phi) is 3.40. The molecule has 3 heteroatoms. The molecule has 0 aromatic heterocycles. The van der Waals surface area contributed by atoms with Gasteiger partial charge >= 0.3 is 0 Å². The predicted molar refractivity (Wildman–Crippen MR) is 61.7 cm³/mol. The Bertz CT molecular complexity index is 192. The van der Waals surface area contributed by atoms with Gasteiger partial charge in [0.15, 0.2) is 0 Å². The van der Waals surface area contributed by atoms with Crippen LogP contribution in [0.15, 0.2) is 0 Å². The Morgan fingerprint density at radius 1 is 1.57 bits per heavy atom. The summed E-state index contributed by atoms with van der Waals surface area (Å²) >= 11 is 2.14. The first-order valence-corrected chi connectivity index (χ1v) is 6.68. The second-order valence-electron chi connectivity index (χ2n) is 4.97. The third-order valence-electron chi connectivity index (χ3n) is 3.49. The molecule has 0 amide bonds. The molecular weight excluding hydrogens is 194 g/mol. The first kappa shape index (κ1) is 10.8. The Hall–Kier alpha value is 0.270. The van der Waals surface area contributed by atoms with Crippen molar-refractivity contribution in [2.75, 3.05) is 32.0 Å². The van der Waals surface area contributed by atoms with E-state index in [1.54, 1.807) is 0 Å². The van der Waals surface area contributed by atoms with E-state index < -0.39 is 0 Å². The van der Waals surface area contributed by atoms with E-state index in [4.69, 9.17) is 5.11 Å². The molecule has 2 atom stereocenters. The van der Waals surface area contributed by atoms with Crippen molar-refractivity contribution in [3.8, 4) is 0 Å². The zero-order valence-electron chi connectivity index (χ0n) is 9.04. The van der Waals surface area contributed by atoms with Gasteiger partial charge in [-0.1, -0.05) is 0 Å². The van der Waals surface area contributed by atoms with Crippen LogP contribution in [0.1, 0.15) is 26.2 Å². The molecule has 2 nitrogen and oxygen atoms in total. The Morgan fingerprint density at radius 3 is 3.00 bits per heavy atom. The molecule has 1 N–H and O–H groups in total. The van der Waals surface area contributed by atoms with Crippen LogP contribution >= 0.6 is 11.8 Å². The zero-order valence-corrected chi connectivity index (χ0v) is 9.85. The van der Waals surface area contributed by atoms with Crippen LogP contribution in [-0.2, 0) is 0 Å². The van der Waals surface area contributed by atoms with Crippen LogP contribution in [0.2, 0.25) is 0 Å². The maximum atomic E-state index is 9.08. The number of hydrogen-bond acceptors (Lipinski definition) is 3. The van der Waals surface area contributed by atoms with E-state index in [0.717, 1.165) is 6.54 Å². The van der Waals surface area contributed by atoms with Crippen LogP contribution in [0.3, 0.4) is 0 Å². The molecule has 0 bridgehead atoms. The van der Waals surface area contributed by atoms with Crippen LogP contribution in [0, 0.1) is 5.92 Å². The van der Waals surface area contributed by atoms with E-state index in [1.165, 1.54) is 38.1 Å². The fourth-order valence-electron chi connectivity index (χ4n) is 2.64. The van der Waals surface area contributed by atoms with Crippen molar-refractivity contribution < 1.29 is 5.11 Å². The minimum absolute atomic E-state index is 0.375. The molecule has 0 aromatic rings. The van der Waals surface area contributed by atoms with E-state index >= 15 is 0 Å². The van der Waals surface area contributed by atoms with Gasteiger partial charge in [0.05, 0.1) is 0 Å². The van der Waals surface area contributed by atoms with Crippen molar-refractivity contribution in [2.45, 2.75) is 30.9 Å². The van der Waals surface area contributed by atoms with Crippen molar-refractivity contribution in [2.24, 2.45) is 5.92 Å². The van der Waals surface area contributed by atoms with Crippen LogP contribution in [0.4, 0.5) is 0 Å². The van der Waals surface area contributed by atoms with Crippen LogP contribution < -0.4 is 0 Å². The largest absolute Gasteiger partial charge is 0.396 e. The van der Waals surface area contributed by atoms with Gasteiger partial charge in [0.25, 0.3) is 0 Å². The standard InChI is InChI=1S/C11H21NOS/c1-11(4-2-6-14-11)9-12-5-3-10(7-12)8-13/h10,13H,2-9H2,1H3. The first-order chi connectivity index (χ1) is 6.72. The first-order valence-electron chi connectivity index (χ1n) is 5.69. The fourth-order valence-corrected chi connectivity index (χ4v) is 3.98. The molecular formula is C11H21NOS. The van der Waals surface area contributed by atoms with Gasteiger partial charge in [-0.25, -0.2) is 0 Å². The number of nitrogens with zero attached hydrogens (tertiary/aromatic N) is 1. The SMILES string of the molecule is CC1(CN2CCC(CO)C2)CCCS1. The molecule has 2 rings (SSSR count). The molecule has 0 saturated carbocycles. The molecule has 2 fully saturated rings. The maximum Gasteiger partial charge on any atom is 0.0471 e. The summed E-state index contributed by atoms with van der Waals surface area (Å²) in [6, 6.07) is 0. The lowest BCUT2D eigenvalue weighted by Crippen LogP contribution is -2.35. The Labute approximate surface area is 91.1 Å². The maximum absolute atomic E-state index is 9.08. The zero-order chi connectivity index (χ0) is 10.0. The number of hydrogen-bond donors (Lipinski definition) is 1. The third kappa shape index (κ3) is 2.44. The van der Waals surface area contributed by atoms with Gasteiger partial charge in [0, 0.05) is 24.4 Å². The van der Waals surface area contributed by atoms with E-state index in [-0.39, 0.29) is 0 Å². The molecule has 2 unspecified atom stereocenters. The molecule has 0 aromatic carbocycles. The van der Waals surface area contributed by atoms with Gasteiger partial charge < -0.3 is 10.0 Å². The van der Waals surface area contributed by atoms with Crippen LogP contribution in [0.5, 0.6) is 0 Å². The lowest BCUT2D eigenvalue weighted by Gasteiger charge is -2.28. The van der Waals surface area contributed by atoms with Gasteiger partial charge in [-0.15, -0.1) is 0 Å². The molecule has 0 radical (unpaired) electrons. The second kappa shape index (κ2) is 4.42. The minimum Gasteiger partial charge on any atom is -0.396 e. The topological polar surface area (TPSA) is 23.5 Å². The third-order valence-corrected chi connectivity index (χ3v) is 5.01. The molecule has 0 spiro atoms. The number of aliphatic hydroxyl groups is 1. The minimum atomic E-state index is 0.375. The van der Waals surface area contributed by atoms with Gasteiger partial charge in [-0.3, -0.25) is 0 Å². The molecule has 2 heterocycles. The van der Waals surface area contributed by atoms with Crippen molar-refractivity contribution in [1.82, 2.24) is 4.90 Å². The fraction of sp³-hybridized carbons (Fsp3) is 1.00. The lowest BCUT2D eigenvalue weighted by atomic mass is 10.1. The van der Waals surface area contributed by atoms with E-state index in [1.807, 2.05) is 0 Å². The normalized spacial score (nSPS) is 39.4. The molecule has 14 heavy (non-hydrogen) atoms. The lowest BCUT2D eigenvalue weighted by molar-refractivity contribution is 0.217. The van der Waals surface area contributed by atoms with Crippen molar-refractivity contribution in [1.29, 1.82) is 0 Å². The smallest absolute Gasteiger partial charge is 0.0471 e. The molecule has 2 aliphatic heterocycles. The monoisotopic (exact) mass is 215 g/mol. The summed E-state index contributed by atoms with van der Waals surface area (Å²) in [5, 5.41) is 9.08. The van der Waals surface area contributed by atoms with Gasteiger partial charge in [0.2, 0.25) is 0 Å². The molecule has 0 aliphatic carbocycles. The van der Waals surface area contributed by atoms with Crippen LogP contribution in [0.25, 0.3) is 0 Å². The van der Waals surface area contributed by atoms with Gasteiger partial charge in [-0.2, -0.15) is 11.8 Å². The summed E-state index contributed by atoms with van der Waals surface area (Å²) in [5.41, 5.74) is 0. The Morgan fingerprint density at radius 2 is 2.43 bits per heavy atom. The summed E-state index contributed by atoms with van der Waals surface area (Å²) < 4.78 is 0.504. The van der Waals surface area contributed by atoms with E-state index in [0.29, 0.717) is 17.3 Å². The summed E-state index contributed by atoms with van der Waals surface area (Å²) in [7, 11) is 0. The average molecular weight is 215 g/mol. The van der Waals surface area contributed by atoms with Gasteiger partial charge in [0.1, 0.15) is 0 Å². The summed E-state index contributed by atoms with van der Waals surface area (Å²) in [5.74, 6) is 1.89. The number of thioether (sulfide) groups is 1. The van der Waals surface area contributed by atoms with Gasteiger partial charge in [-0.05, 0) is 44.4 Å². The summed E-state index contributed by atoms with van der Waals surface area (Å²) in [6.07, 6.45) is 3.95. The van der Waals surface area contributed by atoms with E-state index in [9.17, 15) is 0 Å². The second-order valence-corrected chi connectivity index (χ2v) is 6.66. The number of likely N-dealkylation sites (tertiary alicyclic amines) is 1. The highest BCUT2D eigenvalue weighted by Crippen LogP contribution is 2.39. The Balaban J connectivity index is 1.80. The van der Waals surface area contributed by atoms with Crippen molar-refractivity contribution in [3.63, 3.8) is 0 Å². The van der Waals surface area contributed by atoms with E-state index in [2.05, 4.69) is 23.6 Å². The van der Waals surface area contributed by atoms with Crippen LogP contribution in [-0.4, -0.2) is 46.7 Å².